The molecule has 2 aromatic carbocycles. The average Bonchev–Trinajstić information content (AvgIpc) is 3.12. The van der Waals surface area contributed by atoms with Gasteiger partial charge in [0, 0.05) is 24.8 Å². The lowest BCUT2D eigenvalue weighted by Gasteiger charge is -2.48. The Hall–Kier alpha value is -3.00. The number of hydrogen-bond acceptors (Lipinski definition) is 4. The van der Waals surface area contributed by atoms with Crippen molar-refractivity contribution in [3.8, 4) is 5.75 Å². The minimum atomic E-state index is -0.973. The van der Waals surface area contributed by atoms with Crippen LogP contribution in [0.15, 0.2) is 53.5 Å². The third-order valence-corrected chi connectivity index (χ3v) is 8.06. The Bertz CT molecular complexity index is 1190. The number of nitrogens with one attached hydrogen (secondary N) is 1. The third-order valence-electron chi connectivity index (χ3n) is 8.06. The predicted molar refractivity (Wildman–Crippen MR) is 146 cm³/mol. The molecule has 38 heavy (non-hydrogen) atoms. The van der Waals surface area contributed by atoms with Crippen LogP contribution in [0.2, 0.25) is 0 Å². The first-order chi connectivity index (χ1) is 18.2. The third kappa shape index (κ3) is 5.41. The summed E-state index contributed by atoms with van der Waals surface area (Å²) in [6, 6.07) is 13.6. The van der Waals surface area contributed by atoms with Gasteiger partial charge >= 0.3 is 6.03 Å². The van der Waals surface area contributed by atoms with Crippen LogP contribution in [0.1, 0.15) is 64.9 Å². The molecule has 3 aliphatic rings. The lowest BCUT2D eigenvalue weighted by Crippen LogP contribution is -2.64. The van der Waals surface area contributed by atoms with Crippen molar-refractivity contribution < 1.29 is 18.3 Å². The van der Waals surface area contributed by atoms with Crippen LogP contribution in [0.25, 0.3) is 0 Å². The number of likely N-dealkylation sites (tertiary alicyclic amines) is 1. The fraction of sp³-hybridized carbons (Fsp3) is 0.533. The number of hydrogen-bond donors (Lipinski definition) is 1. The Morgan fingerprint density at radius 3 is 2.68 bits per heavy atom. The molecule has 4 atom stereocenters. The molecule has 1 spiro atoms. The van der Waals surface area contributed by atoms with E-state index < -0.39 is 23.6 Å². The minimum Gasteiger partial charge on any atom is -0.491 e. The van der Waals surface area contributed by atoms with Crippen LogP contribution in [-0.4, -0.2) is 53.2 Å². The first-order valence-electron chi connectivity index (χ1n) is 13.8. The lowest BCUT2D eigenvalue weighted by atomic mass is 9.80. The highest BCUT2D eigenvalue weighted by atomic mass is 19.1. The molecular weight excluding hydrogens is 486 g/mol. The number of ether oxygens (including phenoxy) is 1. The summed E-state index contributed by atoms with van der Waals surface area (Å²) < 4.78 is 35.0. The zero-order valence-corrected chi connectivity index (χ0v) is 22.5. The van der Waals surface area contributed by atoms with Crippen LogP contribution in [0, 0.1) is 5.82 Å². The molecule has 2 fully saturated rings. The summed E-state index contributed by atoms with van der Waals surface area (Å²) >= 11 is 0. The van der Waals surface area contributed by atoms with E-state index in [4.69, 9.17) is 4.74 Å². The van der Waals surface area contributed by atoms with Gasteiger partial charge in [0.1, 0.15) is 29.1 Å². The van der Waals surface area contributed by atoms with E-state index in [1.165, 1.54) is 12.1 Å². The molecule has 1 N–H and O–H groups in total. The van der Waals surface area contributed by atoms with Crippen molar-refractivity contribution in [2.24, 2.45) is 4.99 Å². The number of urea groups is 1. The highest BCUT2D eigenvalue weighted by Gasteiger charge is 2.54. The van der Waals surface area contributed by atoms with Crippen LogP contribution in [0.3, 0.4) is 0 Å². The molecule has 6 nitrogen and oxygen atoms in total. The van der Waals surface area contributed by atoms with Gasteiger partial charge in [0.2, 0.25) is 0 Å². The normalized spacial score (nSPS) is 28.2. The maximum Gasteiger partial charge on any atom is 0.350 e. The van der Waals surface area contributed by atoms with Gasteiger partial charge in [-0.3, -0.25) is 9.80 Å². The Morgan fingerprint density at radius 1 is 1.16 bits per heavy atom. The van der Waals surface area contributed by atoms with Crippen molar-refractivity contribution in [2.45, 2.75) is 95.7 Å². The zero-order valence-electron chi connectivity index (χ0n) is 22.5. The molecule has 0 unspecified atom stereocenters. The van der Waals surface area contributed by atoms with Crippen molar-refractivity contribution in [3.63, 3.8) is 0 Å². The van der Waals surface area contributed by atoms with Gasteiger partial charge in [0.25, 0.3) is 0 Å². The van der Waals surface area contributed by atoms with Gasteiger partial charge in [0.05, 0.1) is 12.1 Å². The van der Waals surface area contributed by atoms with E-state index in [9.17, 15) is 13.6 Å². The van der Waals surface area contributed by atoms with E-state index in [0.29, 0.717) is 43.8 Å². The van der Waals surface area contributed by atoms with Crippen molar-refractivity contribution in [2.75, 3.05) is 11.4 Å². The molecule has 2 heterocycles. The van der Waals surface area contributed by atoms with E-state index in [0.717, 1.165) is 30.7 Å². The topological polar surface area (TPSA) is 57.2 Å². The Balaban J connectivity index is 1.41. The van der Waals surface area contributed by atoms with Crippen LogP contribution in [0.4, 0.5) is 19.3 Å². The molecule has 1 saturated heterocycles. The molecule has 1 saturated carbocycles. The number of halogens is 2. The molecule has 2 amide bonds. The molecule has 5 rings (SSSR count). The van der Waals surface area contributed by atoms with Crippen LogP contribution in [0.5, 0.6) is 5.75 Å². The number of alkyl halides is 1. The number of aliphatic imine (C=N–C) groups is 1. The predicted octanol–water partition coefficient (Wildman–Crippen LogP) is 6.25. The molecule has 2 aliphatic heterocycles. The number of amides is 2. The molecule has 0 radical (unpaired) electrons. The first kappa shape index (κ1) is 26.6. The van der Waals surface area contributed by atoms with Crippen LogP contribution >= 0.6 is 0 Å². The summed E-state index contributed by atoms with van der Waals surface area (Å²) in [5.74, 6) is 0.973. The standard InChI is InChI=1S/C30H38F2N4O2/c1-20(2)38-25-11-6-8-22(16-25)19-35-15-14-30(18-21(35)3)28(33-27-13-5-4-12-26(27)32)34-29(37)36(30)24-10-7-9-23(31)17-24/h6-11,16-17,20-21,26-27H,4-5,12-15,18-19H2,1-3H3,(H,33,34,37)/t21-,26-,27-,30+/m0/s1. The maximum absolute atomic E-state index is 14.8. The Kier molecular flexibility index (Phi) is 7.70. The summed E-state index contributed by atoms with van der Waals surface area (Å²) in [6.45, 7) is 7.63. The first-order valence-corrected chi connectivity index (χ1v) is 13.8. The second-order valence-corrected chi connectivity index (χ2v) is 11.2. The molecule has 204 valence electrons. The summed E-state index contributed by atoms with van der Waals surface area (Å²) in [7, 11) is 0. The van der Waals surface area contributed by atoms with Crippen LogP contribution < -0.4 is 15.0 Å². The number of amidine groups is 1. The average molecular weight is 525 g/mol. The maximum atomic E-state index is 14.8. The number of benzene rings is 2. The largest absolute Gasteiger partial charge is 0.491 e. The van der Waals surface area contributed by atoms with Crippen molar-refractivity contribution in [1.82, 2.24) is 10.2 Å². The lowest BCUT2D eigenvalue weighted by molar-refractivity contribution is 0.120. The van der Waals surface area contributed by atoms with Gasteiger partial charge < -0.3 is 10.1 Å². The number of anilines is 1. The highest BCUT2D eigenvalue weighted by molar-refractivity contribution is 6.16. The summed E-state index contributed by atoms with van der Waals surface area (Å²) in [4.78, 5) is 21.8. The molecule has 2 aromatic rings. The van der Waals surface area contributed by atoms with E-state index in [2.05, 4.69) is 34.3 Å². The zero-order chi connectivity index (χ0) is 26.9. The Labute approximate surface area is 224 Å². The number of nitrogens with zero attached hydrogens (tertiary/aromatic N) is 3. The second kappa shape index (κ2) is 11.0. The summed E-state index contributed by atoms with van der Waals surface area (Å²) in [5.41, 5.74) is 0.862. The quantitative estimate of drug-likeness (QED) is 0.486. The van der Waals surface area contributed by atoms with Gasteiger partial charge in [-0.15, -0.1) is 0 Å². The molecular formula is C30H38F2N4O2. The number of piperidine rings is 1. The SMILES string of the molecule is CC(C)Oc1cccc(CN2CC[C@@]3(C[C@@H]2C)C(N[C@H]2CCCC[C@@H]2F)=NC(=O)N3c2cccc(F)c2)c1. The fourth-order valence-electron chi connectivity index (χ4n) is 6.25. The fourth-order valence-corrected chi connectivity index (χ4v) is 6.25. The van der Waals surface area contributed by atoms with Crippen molar-refractivity contribution in [3.05, 3.63) is 59.9 Å². The minimum absolute atomic E-state index is 0.0971. The van der Waals surface area contributed by atoms with E-state index in [1.807, 2.05) is 26.0 Å². The van der Waals surface area contributed by atoms with E-state index in [-0.39, 0.29) is 18.2 Å². The molecule has 8 heteroatoms. The van der Waals surface area contributed by atoms with Crippen LogP contribution in [-0.2, 0) is 6.54 Å². The number of carbonyl (C=O) groups is 1. The van der Waals surface area contributed by atoms with Gasteiger partial charge in [-0.25, -0.2) is 13.6 Å². The molecule has 1 aliphatic carbocycles. The smallest absolute Gasteiger partial charge is 0.350 e. The molecule has 0 aromatic heterocycles. The van der Waals surface area contributed by atoms with Gasteiger partial charge in [-0.2, -0.15) is 4.99 Å². The monoisotopic (exact) mass is 524 g/mol. The number of carbonyl (C=O) groups excluding carboxylic acids is 1. The second-order valence-electron chi connectivity index (χ2n) is 11.2. The summed E-state index contributed by atoms with van der Waals surface area (Å²) in [5, 5.41) is 3.37. The summed E-state index contributed by atoms with van der Waals surface area (Å²) in [6.07, 6.45) is 3.39. The van der Waals surface area contributed by atoms with E-state index >= 15 is 0 Å². The number of rotatable bonds is 6. The highest BCUT2D eigenvalue weighted by Crippen LogP contribution is 2.41. The van der Waals surface area contributed by atoms with Crippen molar-refractivity contribution >= 4 is 17.6 Å². The van der Waals surface area contributed by atoms with Crippen molar-refractivity contribution in [1.29, 1.82) is 0 Å². The van der Waals surface area contributed by atoms with Gasteiger partial charge in [-0.1, -0.05) is 31.0 Å². The van der Waals surface area contributed by atoms with Gasteiger partial charge in [-0.05, 0) is 82.3 Å². The molecule has 0 bridgehead atoms. The Morgan fingerprint density at radius 2 is 1.95 bits per heavy atom. The van der Waals surface area contributed by atoms with E-state index in [1.54, 1.807) is 17.0 Å². The van der Waals surface area contributed by atoms with Gasteiger partial charge in [0.15, 0.2) is 0 Å².